The van der Waals surface area contributed by atoms with Crippen molar-refractivity contribution in [3.05, 3.63) is 16.8 Å². The Balaban J connectivity index is 2.46. The Labute approximate surface area is 129 Å². The Kier molecular flexibility index (Phi) is 4.13. The number of amides is 2. The van der Waals surface area contributed by atoms with Crippen LogP contribution in [0.15, 0.2) is 6.07 Å². The van der Waals surface area contributed by atoms with Crippen LogP contribution in [0.2, 0.25) is 5.15 Å². The molecule has 1 unspecified atom stereocenters. The molecule has 1 saturated heterocycles. The fourth-order valence-electron chi connectivity index (χ4n) is 2.68. The van der Waals surface area contributed by atoms with Crippen molar-refractivity contribution in [1.82, 2.24) is 15.5 Å². The third kappa shape index (κ3) is 2.96. The largest absolute Gasteiger partial charge is 0.369 e. The third-order valence-electron chi connectivity index (χ3n) is 3.83. The average Bonchev–Trinajstić information content (AvgIpc) is 2.64. The van der Waals surface area contributed by atoms with E-state index in [0.29, 0.717) is 11.0 Å². The van der Waals surface area contributed by atoms with Crippen molar-refractivity contribution in [2.24, 2.45) is 0 Å². The van der Waals surface area contributed by atoms with Crippen LogP contribution in [0.5, 0.6) is 0 Å². The minimum atomic E-state index is -1.33. The van der Waals surface area contributed by atoms with Gasteiger partial charge in [-0.05, 0) is 24.8 Å². The predicted octanol–water partition coefficient (Wildman–Crippen LogP) is 2.45. The zero-order valence-electron chi connectivity index (χ0n) is 12.8. The van der Waals surface area contributed by atoms with Crippen molar-refractivity contribution >= 4 is 23.4 Å². The Morgan fingerprint density at radius 3 is 2.71 bits per heavy atom. The van der Waals surface area contributed by atoms with Gasteiger partial charge in [-0.1, -0.05) is 38.8 Å². The lowest BCUT2D eigenvalue weighted by Crippen LogP contribution is -2.45. The minimum Gasteiger partial charge on any atom is -0.369 e. The van der Waals surface area contributed by atoms with Crippen molar-refractivity contribution in [3.63, 3.8) is 0 Å². The Morgan fingerprint density at radius 1 is 1.52 bits per heavy atom. The van der Waals surface area contributed by atoms with E-state index >= 15 is 0 Å². The molecular formula is C14H21ClN4O2. The van der Waals surface area contributed by atoms with Crippen molar-refractivity contribution < 1.29 is 9.90 Å². The molecule has 2 rings (SSSR count). The lowest BCUT2D eigenvalue weighted by molar-refractivity contribution is 0.0851. The number of hydrogen-bond donors (Lipinski definition) is 2. The summed E-state index contributed by atoms with van der Waals surface area (Å²) in [5, 5.41) is 21.1. The molecule has 1 aromatic rings. The Hall–Kier alpha value is -1.40. The summed E-state index contributed by atoms with van der Waals surface area (Å²) >= 11 is 6.18. The average molecular weight is 313 g/mol. The predicted molar refractivity (Wildman–Crippen MR) is 81.5 cm³/mol. The number of nitrogens with one attached hydrogen (secondary N) is 1. The molecule has 1 atom stereocenters. The maximum atomic E-state index is 11.9. The van der Waals surface area contributed by atoms with Gasteiger partial charge in [-0.15, -0.1) is 10.2 Å². The van der Waals surface area contributed by atoms with Crippen molar-refractivity contribution in [2.45, 2.75) is 51.7 Å². The summed E-state index contributed by atoms with van der Waals surface area (Å²) in [7, 11) is 0. The molecule has 7 heteroatoms. The molecule has 1 fully saturated rings. The number of aromatic nitrogens is 2. The molecule has 0 aliphatic carbocycles. The third-order valence-corrected chi connectivity index (χ3v) is 4.11. The molecule has 0 bridgehead atoms. The Bertz CT molecular complexity index is 560. The van der Waals surface area contributed by atoms with E-state index in [9.17, 15) is 9.90 Å². The van der Waals surface area contributed by atoms with Gasteiger partial charge in [-0.3, -0.25) is 0 Å². The number of urea groups is 1. The van der Waals surface area contributed by atoms with Crippen LogP contribution >= 0.6 is 11.6 Å². The van der Waals surface area contributed by atoms with Gasteiger partial charge in [0.25, 0.3) is 0 Å². The molecule has 0 saturated carbocycles. The summed E-state index contributed by atoms with van der Waals surface area (Å²) in [6.45, 7) is 7.95. The van der Waals surface area contributed by atoms with Crippen molar-refractivity contribution in [2.75, 3.05) is 11.4 Å². The fraction of sp³-hybridized carbons (Fsp3) is 0.643. The molecule has 116 valence electrons. The number of rotatable bonds is 4. The first-order valence-corrected chi connectivity index (χ1v) is 7.41. The van der Waals surface area contributed by atoms with Crippen LogP contribution in [-0.2, 0) is 5.41 Å². The van der Waals surface area contributed by atoms with Crippen molar-refractivity contribution in [3.8, 4) is 0 Å². The van der Waals surface area contributed by atoms with E-state index < -0.39 is 11.8 Å². The monoisotopic (exact) mass is 312 g/mol. The van der Waals surface area contributed by atoms with E-state index in [1.807, 2.05) is 0 Å². The van der Waals surface area contributed by atoms with Gasteiger partial charge < -0.3 is 10.4 Å². The molecule has 1 aromatic heterocycles. The fourth-order valence-corrected chi connectivity index (χ4v) is 3.03. The van der Waals surface area contributed by atoms with Crippen LogP contribution < -0.4 is 10.2 Å². The molecule has 2 N–H and O–H groups in total. The van der Waals surface area contributed by atoms with Gasteiger partial charge in [0.15, 0.2) is 16.7 Å². The molecule has 1 aliphatic heterocycles. The zero-order valence-corrected chi connectivity index (χ0v) is 13.5. The second-order valence-electron chi connectivity index (χ2n) is 6.25. The van der Waals surface area contributed by atoms with Gasteiger partial charge in [-0.25, -0.2) is 9.69 Å². The number of nitrogens with zero attached hydrogens (tertiary/aromatic N) is 3. The molecule has 0 spiro atoms. The first-order valence-electron chi connectivity index (χ1n) is 7.03. The van der Waals surface area contributed by atoms with Gasteiger partial charge in [0, 0.05) is 5.56 Å². The van der Waals surface area contributed by atoms with Gasteiger partial charge in [-0.2, -0.15) is 0 Å². The number of hydrogen-bond acceptors (Lipinski definition) is 4. The summed E-state index contributed by atoms with van der Waals surface area (Å²) in [6.07, 6.45) is 1.93. The number of anilines is 1. The lowest BCUT2D eigenvalue weighted by Gasteiger charge is -2.29. The highest BCUT2D eigenvalue weighted by atomic mass is 35.5. The highest BCUT2D eigenvalue weighted by Gasteiger charge is 2.42. The van der Waals surface area contributed by atoms with Gasteiger partial charge in [0.2, 0.25) is 0 Å². The van der Waals surface area contributed by atoms with E-state index in [-0.39, 0.29) is 12.0 Å². The molecule has 6 nitrogen and oxygen atoms in total. The topological polar surface area (TPSA) is 78.4 Å². The molecule has 0 aromatic carbocycles. The number of carbonyl (C=O) groups excluding carboxylic acids is 1. The van der Waals surface area contributed by atoms with Gasteiger partial charge >= 0.3 is 6.03 Å². The second-order valence-corrected chi connectivity index (χ2v) is 6.61. The van der Waals surface area contributed by atoms with Crippen molar-refractivity contribution in [1.29, 1.82) is 0 Å². The molecule has 0 radical (unpaired) electrons. The maximum absolute atomic E-state index is 11.9. The van der Waals surface area contributed by atoms with Crippen LogP contribution in [0.4, 0.5) is 10.6 Å². The lowest BCUT2D eigenvalue weighted by atomic mass is 9.81. The molecule has 2 amide bonds. The van der Waals surface area contributed by atoms with Crippen LogP contribution in [0, 0.1) is 0 Å². The standard InChI is InChI=1S/C14H21ClN4O2/c1-5-6-13(2,3)9-7-10(17-18-11(9)15)19-12(20)16-8-14(19,4)21/h7,21H,5-6,8H2,1-4H3,(H,16,20). The summed E-state index contributed by atoms with van der Waals surface area (Å²) in [6, 6.07) is 1.35. The number of halogens is 1. The SMILES string of the molecule is CCCC(C)(C)c1cc(N2C(=O)NCC2(C)O)nnc1Cl. The summed E-state index contributed by atoms with van der Waals surface area (Å²) in [5.74, 6) is 0.304. The summed E-state index contributed by atoms with van der Waals surface area (Å²) < 4.78 is 0. The van der Waals surface area contributed by atoms with E-state index in [0.717, 1.165) is 18.4 Å². The van der Waals surface area contributed by atoms with Gasteiger partial charge in [0.05, 0.1) is 6.54 Å². The van der Waals surface area contributed by atoms with E-state index in [2.05, 4.69) is 36.3 Å². The molecular weight excluding hydrogens is 292 g/mol. The molecule has 1 aliphatic rings. The zero-order chi connectivity index (χ0) is 15.8. The summed E-state index contributed by atoms with van der Waals surface area (Å²) in [5.41, 5.74) is -0.684. The smallest absolute Gasteiger partial charge is 0.325 e. The molecule has 2 heterocycles. The number of aliphatic hydroxyl groups is 1. The number of β-amino-alcohol motifs (C(OH)–C–C–N with tert-alkyl or cyclic N) is 1. The van der Waals surface area contributed by atoms with E-state index in [4.69, 9.17) is 11.6 Å². The Morgan fingerprint density at radius 2 is 2.19 bits per heavy atom. The molecule has 21 heavy (non-hydrogen) atoms. The van der Waals surface area contributed by atoms with Crippen LogP contribution in [0.1, 0.15) is 46.1 Å². The highest BCUT2D eigenvalue weighted by molar-refractivity contribution is 6.30. The first kappa shape index (κ1) is 16.0. The highest BCUT2D eigenvalue weighted by Crippen LogP contribution is 2.35. The van der Waals surface area contributed by atoms with Crippen LogP contribution in [0.25, 0.3) is 0 Å². The van der Waals surface area contributed by atoms with E-state index in [1.165, 1.54) is 4.90 Å². The van der Waals surface area contributed by atoms with Crippen LogP contribution in [0.3, 0.4) is 0 Å². The van der Waals surface area contributed by atoms with Gasteiger partial charge in [0.1, 0.15) is 0 Å². The minimum absolute atomic E-state index is 0.143. The second kappa shape index (κ2) is 5.42. The quantitative estimate of drug-likeness (QED) is 0.895. The van der Waals surface area contributed by atoms with Crippen LogP contribution in [-0.4, -0.2) is 33.6 Å². The normalized spacial score (nSPS) is 22.6. The number of carbonyl (C=O) groups is 1. The maximum Gasteiger partial charge on any atom is 0.325 e. The summed E-state index contributed by atoms with van der Waals surface area (Å²) in [4.78, 5) is 13.1. The first-order chi connectivity index (χ1) is 9.69. The van der Waals surface area contributed by atoms with E-state index in [1.54, 1.807) is 13.0 Å².